The van der Waals surface area contributed by atoms with Crippen molar-refractivity contribution < 1.29 is 4.79 Å². The number of hydrogen-bond donors (Lipinski definition) is 1. The third-order valence-electron chi connectivity index (χ3n) is 7.84. The molecule has 1 saturated heterocycles. The van der Waals surface area contributed by atoms with Crippen LogP contribution in [0.5, 0.6) is 0 Å². The maximum absolute atomic E-state index is 12.2. The first-order chi connectivity index (χ1) is 17.9. The Balaban J connectivity index is 1.32. The van der Waals surface area contributed by atoms with Crippen LogP contribution in [0.2, 0.25) is 0 Å². The van der Waals surface area contributed by atoms with Gasteiger partial charge in [-0.2, -0.15) is 0 Å². The van der Waals surface area contributed by atoms with Crippen LogP contribution in [0, 0.1) is 0 Å². The molecule has 1 aromatic carbocycles. The van der Waals surface area contributed by atoms with Gasteiger partial charge < -0.3 is 14.8 Å². The third-order valence-corrected chi connectivity index (χ3v) is 7.84. The van der Waals surface area contributed by atoms with Crippen molar-refractivity contribution in [2.75, 3.05) is 39.5 Å². The van der Waals surface area contributed by atoms with Crippen LogP contribution in [0.25, 0.3) is 22.2 Å². The molecule has 0 radical (unpaired) electrons. The molecule has 0 unspecified atom stereocenters. The second-order valence-electron chi connectivity index (χ2n) is 10.2. The van der Waals surface area contributed by atoms with E-state index in [2.05, 4.69) is 64.1 Å². The monoisotopic (exact) mass is 496 g/mol. The average molecular weight is 497 g/mol. The summed E-state index contributed by atoms with van der Waals surface area (Å²) in [5.74, 6) is 1.44. The van der Waals surface area contributed by atoms with Crippen molar-refractivity contribution in [3.63, 3.8) is 0 Å². The summed E-state index contributed by atoms with van der Waals surface area (Å²) in [5, 5.41) is 4.24. The lowest BCUT2D eigenvalue weighted by atomic mass is 9.88. The van der Waals surface area contributed by atoms with E-state index in [0.717, 1.165) is 59.5 Å². The quantitative estimate of drug-likeness (QED) is 0.391. The Morgan fingerprint density at radius 2 is 1.78 bits per heavy atom. The zero-order chi connectivity index (χ0) is 26.1. The van der Waals surface area contributed by atoms with E-state index >= 15 is 0 Å². The van der Waals surface area contributed by atoms with E-state index in [-0.39, 0.29) is 11.9 Å². The number of likely N-dealkylation sites (tertiary alicyclic amines) is 1. The molecule has 1 N–H and O–H groups in total. The molecule has 1 amide bonds. The largest absolute Gasteiger partial charge is 0.373 e. The predicted molar refractivity (Wildman–Crippen MR) is 150 cm³/mol. The topological polar surface area (TPSA) is 66.3 Å². The molecule has 1 aliphatic heterocycles. The SMILES string of the molecule is CNc1ccc(-c2ccnc3c2cc([C@H](C)N2CCC(c4ccc(C(=O)N(C)C)cc4)CC2)n3C)cn1. The molecule has 0 aliphatic carbocycles. The fourth-order valence-corrected chi connectivity index (χ4v) is 5.56. The lowest BCUT2D eigenvalue weighted by Crippen LogP contribution is -2.35. The van der Waals surface area contributed by atoms with E-state index in [9.17, 15) is 4.79 Å². The summed E-state index contributed by atoms with van der Waals surface area (Å²) >= 11 is 0. The normalized spacial score (nSPS) is 15.6. The number of hydrogen-bond acceptors (Lipinski definition) is 5. The van der Waals surface area contributed by atoms with Crippen LogP contribution in [0.3, 0.4) is 0 Å². The number of anilines is 1. The minimum Gasteiger partial charge on any atom is -0.373 e. The maximum Gasteiger partial charge on any atom is 0.253 e. The van der Waals surface area contributed by atoms with E-state index < -0.39 is 0 Å². The van der Waals surface area contributed by atoms with Crippen LogP contribution < -0.4 is 5.32 Å². The Hall–Kier alpha value is -3.71. The Labute approximate surface area is 219 Å². The summed E-state index contributed by atoms with van der Waals surface area (Å²) in [7, 11) is 7.58. The lowest BCUT2D eigenvalue weighted by molar-refractivity contribution is 0.0827. The molecular formula is C30H36N6O. The molecule has 3 aromatic heterocycles. The second kappa shape index (κ2) is 10.3. The predicted octanol–water partition coefficient (Wildman–Crippen LogP) is 5.32. The number of benzene rings is 1. The summed E-state index contributed by atoms with van der Waals surface area (Å²) in [6.07, 6.45) is 6.04. The Morgan fingerprint density at radius 3 is 2.41 bits per heavy atom. The summed E-state index contributed by atoms with van der Waals surface area (Å²) in [6.45, 7) is 4.39. The molecule has 0 saturated carbocycles. The molecule has 0 spiro atoms. The number of aromatic nitrogens is 3. The lowest BCUT2D eigenvalue weighted by Gasteiger charge is -2.36. The molecule has 0 bridgehead atoms. The zero-order valence-corrected chi connectivity index (χ0v) is 22.4. The molecule has 192 valence electrons. The number of piperidine rings is 1. The zero-order valence-electron chi connectivity index (χ0n) is 22.4. The Kier molecular flexibility index (Phi) is 6.98. The molecule has 4 aromatic rings. The fraction of sp³-hybridized carbons (Fsp3) is 0.367. The average Bonchev–Trinajstić information content (AvgIpc) is 3.29. The maximum atomic E-state index is 12.2. The van der Waals surface area contributed by atoms with Crippen LogP contribution in [-0.2, 0) is 7.05 Å². The van der Waals surface area contributed by atoms with Crippen molar-refractivity contribution in [1.29, 1.82) is 0 Å². The van der Waals surface area contributed by atoms with Crippen molar-refractivity contribution in [2.24, 2.45) is 7.05 Å². The van der Waals surface area contributed by atoms with Gasteiger partial charge in [0.25, 0.3) is 5.91 Å². The molecule has 1 atom stereocenters. The Morgan fingerprint density at radius 1 is 1.05 bits per heavy atom. The van der Waals surface area contributed by atoms with Gasteiger partial charge in [-0.1, -0.05) is 12.1 Å². The van der Waals surface area contributed by atoms with E-state index in [4.69, 9.17) is 4.98 Å². The molecule has 37 heavy (non-hydrogen) atoms. The van der Waals surface area contributed by atoms with Gasteiger partial charge in [0.1, 0.15) is 11.5 Å². The molecule has 5 rings (SSSR count). The summed E-state index contributed by atoms with van der Waals surface area (Å²) < 4.78 is 2.24. The van der Waals surface area contributed by atoms with Gasteiger partial charge in [0, 0.05) is 68.8 Å². The highest BCUT2D eigenvalue weighted by atomic mass is 16.2. The molecule has 4 heterocycles. The van der Waals surface area contributed by atoms with Crippen molar-refractivity contribution in [3.8, 4) is 11.1 Å². The van der Waals surface area contributed by atoms with Gasteiger partial charge in [0.15, 0.2) is 0 Å². The van der Waals surface area contributed by atoms with Gasteiger partial charge in [-0.3, -0.25) is 9.69 Å². The highest BCUT2D eigenvalue weighted by Gasteiger charge is 2.27. The number of aryl methyl sites for hydroxylation is 1. The number of rotatable bonds is 6. The number of carbonyl (C=O) groups is 1. The van der Waals surface area contributed by atoms with Gasteiger partial charge in [0.05, 0.1) is 0 Å². The van der Waals surface area contributed by atoms with Gasteiger partial charge >= 0.3 is 0 Å². The Bertz CT molecular complexity index is 1380. The number of fused-ring (bicyclic) bond motifs is 1. The van der Waals surface area contributed by atoms with Crippen molar-refractivity contribution in [3.05, 3.63) is 77.7 Å². The molecule has 7 nitrogen and oxygen atoms in total. The standard InChI is InChI=1S/C30H36N6O/c1-20(36-16-13-22(14-17-36)21-6-8-23(9-7-21)30(37)34(3)4)27-18-26-25(12-15-32-29(26)35(27)5)24-10-11-28(31-2)33-19-24/h6-12,15,18-20,22H,13-14,16-17H2,1-5H3,(H,31,33)/t20-/m0/s1. The minimum absolute atomic E-state index is 0.0500. The van der Waals surface area contributed by atoms with Crippen molar-refractivity contribution >= 4 is 22.8 Å². The summed E-state index contributed by atoms with van der Waals surface area (Å²) in [5.41, 5.74) is 6.61. The fourth-order valence-electron chi connectivity index (χ4n) is 5.56. The number of nitrogens with zero attached hydrogens (tertiary/aromatic N) is 5. The first-order valence-corrected chi connectivity index (χ1v) is 13.0. The highest BCUT2D eigenvalue weighted by Crippen LogP contribution is 2.36. The van der Waals surface area contributed by atoms with Gasteiger partial charge in [-0.25, -0.2) is 9.97 Å². The van der Waals surface area contributed by atoms with Gasteiger partial charge in [0.2, 0.25) is 0 Å². The number of nitrogens with one attached hydrogen (secondary N) is 1. The van der Waals surface area contributed by atoms with E-state index in [1.165, 1.54) is 11.3 Å². The molecular weight excluding hydrogens is 460 g/mol. The van der Waals surface area contributed by atoms with E-state index in [1.54, 1.807) is 19.0 Å². The van der Waals surface area contributed by atoms with Crippen LogP contribution in [0.15, 0.2) is 60.9 Å². The number of amides is 1. The molecule has 1 aliphatic rings. The van der Waals surface area contributed by atoms with Crippen LogP contribution in [0.1, 0.15) is 53.3 Å². The first-order valence-electron chi connectivity index (χ1n) is 13.0. The van der Waals surface area contributed by atoms with Gasteiger partial charge in [-0.05, 0) is 86.3 Å². The number of pyridine rings is 2. The van der Waals surface area contributed by atoms with Crippen LogP contribution >= 0.6 is 0 Å². The second-order valence-corrected chi connectivity index (χ2v) is 10.2. The van der Waals surface area contributed by atoms with Crippen LogP contribution in [0.4, 0.5) is 5.82 Å². The summed E-state index contributed by atoms with van der Waals surface area (Å²) in [6, 6.07) is 17.0. The summed E-state index contributed by atoms with van der Waals surface area (Å²) in [4.78, 5) is 25.6. The molecule has 1 fully saturated rings. The van der Waals surface area contributed by atoms with E-state index in [0.29, 0.717) is 5.92 Å². The van der Waals surface area contributed by atoms with Crippen LogP contribution in [-0.4, -0.2) is 64.5 Å². The highest BCUT2D eigenvalue weighted by molar-refractivity contribution is 5.94. The first kappa shape index (κ1) is 25.0. The molecule has 7 heteroatoms. The smallest absolute Gasteiger partial charge is 0.253 e. The third kappa shape index (κ3) is 4.83. The van der Waals surface area contributed by atoms with Gasteiger partial charge in [-0.15, -0.1) is 0 Å². The number of carbonyl (C=O) groups excluding carboxylic acids is 1. The van der Waals surface area contributed by atoms with Crippen molar-refractivity contribution in [2.45, 2.75) is 31.7 Å². The van der Waals surface area contributed by atoms with E-state index in [1.807, 2.05) is 37.6 Å². The van der Waals surface area contributed by atoms with Crippen molar-refractivity contribution in [1.82, 2.24) is 24.3 Å². The minimum atomic E-state index is 0.0500.